The minimum atomic E-state index is -4.17. The molecule has 0 radical (unpaired) electrons. The molecule has 1 aliphatic rings. The van der Waals surface area contributed by atoms with Crippen molar-refractivity contribution in [1.82, 2.24) is 5.32 Å². The van der Waals surface area contributed by atoms with Gasteiger partial charge in [0.1, 0.15) is 4.90 Å². The predicted octanol–water partition coefficient (Wildman–Crippen LogP) is 1.07. The van der Waals surface area contributed by atoms with Gasteiger partial charge in [0.2, 0.25) is 0 Å². The van der Waals surface area contributed by atoms with E-state index < -0.39 is 10.1 Å². The van der Waals surface area contributed by atoms with Crippen LogP contribution in [0.15, 0.2) is 23.1 Å². The molecule has 0 unspecified atom stereocenters. The molecule has 1 aromatic rings. The summed E-state index contributed by atoms with van der Waals surface area (Å²) >= 11 is 0. The highest BCUT2D eigenvalue weighted by Gasteiger charge is 2.21. The summed E-state index contributed by atoms with van der Waals surface area (Å²) in [5.41, 5.74) is 1.40. The third-order valence-electron chi connectivity index (χ3n) is 2.85. The van der Waals surface area contributed by atoms with Crippen molar-refractivity contribution in [3.05, 3.63) is 23.8 Å². The van der Waals surface area contributed by atoms with Gasteiger partial charge in [-0.05, 0) is 24.6 Å². The fourth-order valence-corrected chi connectivity index (χ4v) is 2.79. The number of aryl methyl sites for hydroxylation is 1. The van der Waals surface area contributed by atoms with Gasteiger partial charge in [-0.1, -0.05) is 6.07 Å². The Bertz CT molecular complexity index is 513. The maximum Gasteiger partial charge on any atom is 0.296 e. The van der Waals surface area contributed by atoms with Gasteiger partial charge < -0.3 is 10.2 Å². The zero-order valence-electron chi connectivity index (χ0n) is 10.1. The molecule has 1 aromatic carbocycles. The first-order chi connectivity index (χ1) is 7.98. The molecule has 18 heavy (non-hydrogen) atoms. The molecule has 0 amide bonds. The second kappa shape index (κ2) is 5.88. The molecule has 5 nitrogen and oxygen atoms in total. The highest BCUT2D eigenvalue weighted by molar-refractivity contribution is 7.86. The molecule has 0 spiro atoms. The van der Waals surface area contributed by atoms with Crippen LogP contribution in [-0.4, -0.2) is 39.1 Å². The van der Waals surface area contributed by atoms with Crippen LogP contribution in [0.3, 0.4) is 0 Å². The second-order valence-corrected chi connectivity index (χ2v) is 5.57. The van der Waals surface area contributed by atoms with E-state index in [1.54, 1.807) is 13.0 Å². The standard InChI is InChI=1S/C11H16N2O3S.ClH/c1-9-2-3-10(11(8-9)17(14,15)16)13-6-4-12-5-7-13;/h2-3,8,12H,4-7H2,1H3,(H,14,15,16);1H. The summed E-state index contributed by atoms with van der Waals surface area (Å²) in [5.74, 6) is 0. The van der Waals surface area contributed by atoms with Gasteiger partial charge in [-0.25, -0.2) is 0 Å². The molecule has 2 rings (SSSR count). The third kappa shape index (κ3) is 3.35. The summed E-state index contributed by atoms with van der Waals surface area (Å²) < 4.78 is 32.0. The second-order valence-electron chi connectivity index (χ2n) is 4.18. The molecule has 0 saturated carbocycles. The Labute approximate surface area is 113 Å². The Morgan fingerprint density at radius 3 is 2.44 bits per heavy atom. The number of nitrogens with one attached hydrogen (secondary N) is 1. The highest BCUT2D eigenvalue weighted by atomic mass is 35.5. The lowest BCUT2D eigenvalue weighted by atomic mass is 10.2. The molecule has 1 heterocycles. The molecule has 1 fully saturated rings. The summed E-state index contributed by atoms with van der Waals surface area (Å²) in [6, 6.07) is 5.11. The van der Waals surface area contributed by atoms with E-state index in [9.17, 15) is 13.0 Å². The van der Waals surface area contributed by atoms with Gasteiger partial charge in [-0.2, -0.15) is 8.42 Å². The van der Waals surface area contributed by atoms with Crippen LogP contribution in [0.2, 0.25) is 0 Å². The number of nitrogens with zero attached hydrogens (tertiary/aromatic N) is 1. The van der Waals surface area contributed by atoms with Crippen molar-refractivity contribution in [2.24, 2.45) is 0 Å². The lowest BCUT2D eigenvalue weighted by molar-refractivity contribution is 0.482. The summed E-state index contributed by atoms with van der Waals surface area (Å²) in [4.78, 5) is 1.97. The van der Waals surface area contributed by atoms with Crippen molar-refractivity contribution >= 4 is 28.2 Å². The first-order valence-electron chi connectivity index (χ1n) is 5.52. The van der Waals surface area contributed by atoms with Crippen LogP contribution in [0, 0.1) is 6.92 Å². The minimum absolute atomic E-state index is 0. The summed E-state index contributed by atoms with van der Waals surface area (Å²) in [6.07, 6.45) is 0. The van der Waals surface area contributed by atoms with Crippen molar-refractivity contribution in [3.63, 3.8) is 0 Å². The van der Waals surface area contributed by atoms with Crippen LogP contribution in [0.4, 0.5) is 5.69 Å². The van der Waals surface area contributed by atoms with Crippen LogP contribution < -0.4 is 10.2 Å². The van der Waals surface area contributed by atoms with E-state index in [1.165, 1.54) is 6.07 Å². The van der Waals surface area contributed by atoms with E-state index in [0.717, 1.165) is 31.7 Å². The van der Waals surface area contributed by atoms with Gasteiger partial charge in [0, 0.05) is 26.2 Å². The third-order valence-corrected chi connectivity index (χ3v) is 3.73. The van der Waals surface area contributed by atoms with Gasteiger partial charge in [-0.15, -0.1) is 12.4 Å². The average Bonchev–Trinajstić information content (AvgIpc) is 2.29. The quantitative estimate of drug-likeness (QED) is 0.798. The molecular formula is C11H17ClN2O3S. The monoisotopic (exact) mass is 292 g/mol. The van der Waals surface area contributed by atoms with E-state index in [1.807, 2.05) is 11.0 Å². The van der Waals surface area contributed by atoms with Gasteiger partial charge in [0.25, 0.3) is 10.1 Å². The smallest absolute Gasteiger partial charge is 0.296 e. The fraction of sp³-hybridized carbons (Fsp3) is 0.455. The van der Waals surface area contributed by atoms with Gasteiger partial charge in [-0.3, -0.25) is 4.55 Å². The zero-order chi connectivity index (χ0) is 12.5. The molecule has 1 aliphatic heterocycles. The Hall–Kier alpha value is -0.820. The van der Waals surface area contributed by atoms with E-state index in [4.69, 9.17) is 0 Å². The Balaban J connectivity index is 0.00000162. The number of benzene rings is 1. The maximum absolute atomic E-state index is 11.4. The number of halogens is 1. The van der Waals surface area contributed by atoms with Crippen molar-refractivity contribution in [3.8, 4) is 0 Å². The van der Waals surface area contributed by atoms with E-state index in [0.29, 0.717) is 5.69 Å². The van der Waals surface area contributed by atoms with Crippen molar-refractivity contribution < 1.29 is 13.0 Å². The van der Waals surface area contributed by atoms with E-state index in [-0.39, 0.29) is 17.3 Å². The first-order valence-corrected chi connectivity index (χ1v) is 6.96. The van der Waals surface area contributed by atoms with Crippen LogP contribution in [0.1, 0.15) is 5.56 Å². The minimum Gasteiger partial charge on any atom is -0.368 e. The summed E-state index contributed by atoms with van der Waals surface area (Å²) in [6.45, 7) is 4.92. The fourth-order valence-electron chi connectivity index (χ4n) is 1.99. The van der Waals surface area contributed by atoms with Gasteiger partial charge >= 0.3 is 0 Å². The van der Waals surface area contributed by atoms with Crippen LogP contribution in [0.25, 0.3) is 0 Å². The summed E-state index contributed by atoms with van der Waals surface area (Å²) in [7, 11) is -4.17. The highest BCUT2D eigenvalue weighted by Crippen LogP contribution is 2.26. The zero-order valence-corrected chi connectivity index (χ0v) is 11.7. The SMILES string of the molecule is Cc1ccc(N2CCNCC2)c(S(=O)(=O)O)c1.Cl. The Kier molecular flexibility index (Phi) is 4.98. The number of rotatable bonds is 2. The molecule has 2 N–H and O–H groups in total. The number of anilines is 1. The molecule has 0 aliphatic carbocycles. The topological polar surface area (TPSA) is 69.6 Å². The van der Waals surface area contributed by atoms with Gasteiger partial charge in [0.05, 0.1) is 5.69 Å². The van der Waals surface area contributed by atoms with Crippen molar-refractivity contribution in [2.45, 2.75) is 11.8 Å². The average molecular weight is 293 g/mol. The molecule has 0 aromatic heterocycles. The predicted molar refractivity (Wildman–Crippen MR) is 73.3 cm³/mol. The molecular weight excluding hydrogens is 276 g/mol. The molecule has 0 atom stereocenters. The van der Waals surface area contributed by atoms with E-state index >= 15 is 0 Å². The Morgan fingerprint density at radius 1 is 1.28 bits per heavy atom. The van der Waals surface area contributed by atoms with Crippen molar-refractivity contribution in [2.75, 3.05) is 31.1 Å². The number of hydrogen-bond donors (Lipinski definition) is 2. The van der Waals surface area contributed by atoms with Crippen LogP contribution >= 0.6 is 12.4 Å². The first kappa shape index (κ1) is 15.2. The molecule has 102 valence electrons. The molecule has 7 heteroatoms. The van der Waals surface area contributed by atoms with Gasteiger partial charge in [0.15, 0.2) is 0 Å². The maximum atomic E-state index is 11.4. The Morgan fingerprint density at radius 2 is 1.89 bits per heavy atom. The lowest BCUT2D eigenvalue weighted by Crippen LogP contribution is -2.44. The number of piperazine rings is 1. The van der Waals surface area contributed by atoms with Crippen molar-refractivity contribution in [1.29, 1.82) is 0 Å². The number of hydrogen-bond acceptors (Lipinski definition) is 4. The van der Waals surface area contributed by atoms with Crippen LogP contribution in [0.5, 0.6) is 0 Å². The molecule has 1 saturated heterocycles. The molecule has 0 bridgehead atoms. The normalized spacial score (nSPS) is 16.2. The van der Waals surface area contributed by atoms with E-state index in [2.05, 4.69) is 5.32 Å². The lowest BCUT2D eigenvalue weighted by Gasteiger charge is -2.30. The van der Waals surface area contributed by atoms with Crippen LogP contribution in [-0.2, 0) is 10.1 Å². The largest absolute Gasteiger partial charge is 0.368 e. The summed E-state index contributed by atoms with van der Waals surface area (Å²) in [5, 5.41) is 3.20.